The van der Waals surface area contributed by atoms with Crippen molar-refractivity contribution in [2.75, 3.05) is 23.8 Å². The number of rotatable bonds is 9. The van der Waals surface area contributed by atoms with E-state index in [1.54, 1.807) is 36.9 Å². The van der Waals surface area contributed by atoms with E-state index in [0.29, 0.717) is 34.2 Å². The number of hydrogen-bond donors (Lipinski definition) is 2. The lowest BCUT2D eigenvalue weighted by molar-refractivity contribution is -0.116. The van der Waals surface area contributed by atoms with Crippen molar-refractivity contribution in [3.8, 4) is 0 Å². The smallest absolute Gasteiger partial charge is 0.410 e. The van der Waals surface area contributed by atoms with Gasteiger partial charge in [-0.3, -0.25) is 9.59 Å². The Morgan fingerprint density at radius 2 is 1.82 bits per heavy atom. The number of thioether (sulfide) groups is 1. The maximum atomic E-state index is 13.3. The zero-order valence-corrected chi connectivity index (χ0v) is 27.7. The lowest BCUT2D eigenvalue weighted by atomic mass is 10.0. The second-order valence-electron chi connectivity index (χ2n) is 11.2. The minimum Gasteiger partial charge on any atom is -0.462 e. The number of benzene rings is 2. The first-order valence-electron chi connectivity index (χ1n) is 14.2. The van der Waals surface area contributed by atoms with Crippen molar-refractivity contribution in [2.45, 2.75) is 69.8 Å². The molecular formula is C32H36ClN3O6S2. The Morgan fingerprint density at radius 3 is 2.50 bits per heavy atom. The van der Waals surface area contributed by atoms with Crippen LogP contribution in [0.3, 0.4) is 0 Å². The van der Waals surface area contributed by atoms with E-state index in [1.807, 2.05) is 51.1 Å². The Balaban J connectivity index is 1.43. The highest BCUT2D eigenvalue weighted by molar-refractivity contribution is 8.00. The third kappa shape index (κ3) is 8.99. The van der Waals surface area contributed by atoms with Gasteiger partial charge in [0.1, 0.15) is 10.6 Å². The van der Waals surface area contributed by atoms with E-state index < -0.39 is 22.9 Å². The summed E-state index contributed by atoms with van der Waals surface area (Å²) in [5.74, 6) is -0.965. The summed E-state index contributed by atoms with van der Waals surface area (Å²) in [6.07, 6.45) is 0.222. The number of fused-ring (bicyclic) bond motifs is 1. The van der Waals surface area contributed by atoms with E-state index in [-0.39, 0.29) is 31.4 Å². The molecule has 3 aromatic rings. The standard InChI is InChI=1S/C32H36ClN3O6S2/c1-6-41-30(39)27-24-14-15-36(31(40)42-32(3,4)5)18-25(24)44-29(27)35-28(38)19(2)43-23-9-7-8-22(17-23)34-26(37)16-20-10-12-21(33)13-11-20/h7-13,17,19H,6,14-16,18H2,1-5H3,(H,34,37)(H,35,38). The highest BCUT2D eigenvalue weighted by Crippen LogP contribution is 2.39. The van der Waals surface area contributed by atoms with Crippen molar-refractivity contribution in [2.24, 2.45) is 0 Å². The van der Waals surface area contributed by atoms with Gasteiger partial charge in [0, 0.05) is 27.0 Å². The molecule has 0 saturated carbocycles. The van der Waals surface area contributed by atoms with Gasteiger partial charge >= 0.3 is 12.1 Å². The minimum atomic E-state index is -0.627. The van der Waals surface area contributed by atoms with Crippen LogP contribution in [0.1, 0.15) is 61.0 Å². The molecule has 4 rings (SSSR count). The molecule has 0 fully saturated rings. The molecule has 2 heterocycles. The summed E-state index contributed by atoms with van der Waals surface area (Å²) in [7, 11) is 0. The van der Waals surface area contributed by atoms with Crippen molar-refractivity contribution >= 4 is 69.3 Å². The summed E-state index contributed by atoms with van der Waals surface area (Å²) in [6, 6.07) is 14.4. The van der Waals surface area contributed by atoms with Crippen LogP contribution in [-0.4, -0.2) is 52.8 Å². The lowest BCUT2D eigenvalue weighted by Gasteiger charge is -2.30. The number of amides is 3. The summed E-state index contributed by atoms with van der Waals surface area (Å²) in [5, 5.41) is 6.32. The van der Waals surface area contributed by atoms with E-state index in [4.69, 9.17) is 21.1 Å². The number of hydrogen-bond acceptors (Lipinski definition) is 8. The topological polar surface area (TPSA) is 114 Å². The third-order valence-corrected chi connectivity index (χ3v) is 8.98. The molecule has 1 aliphatic rings. The van der Waals surface area contributed by atoms with Crippen LogP contribution in [0, 0.1) is 0 Å². The average Bonchev–Trinajstić information content (AvgIpc) is 3.30. The monoisotopic (exact) mass is 657 g/mol. The van der Waals surface area contributed by atoms with Gasteiger partial charge in [-0.2, -0.15) is 0 Å². The van der Waals surface area contributed by atoms with Crippen LogP contribution in [0.15, 0.2) is 53.4 Å². The molecule has 0 saturated heterocycles. The number of nitrogens with one attached hydrogen (secondary N) is 2. The zero-order chi connectivity index (χ0) is 32.0. The number of ether oxygens (including phenoxy) is 2. The van der Waals surface area contributed by atoms with Gasteiger partial charge in [0.15, 0.2) is 0 Å². The van der Waals surface area contributed by atoms with Crippen LogP contribution >= 0.6 is 34.7 Å². The van der Waals surface area contributed by atoms with Crippen LogP contribution in [0.2, 0.25) is 5.02 Å². The first kappa shape index (κ1) is 33.4. The predicted molar refractivity (Wildman–Crippen MR) is 175 cm³/mol. The number of thiophene rings is 1. The van der Waals surface area contributed by atoms with Gasteiger partial charge in [-0.1, -0.05) is 29.8 Å². The minimum absolute atomic E-state index is 0.168. The van der Waals surface area contributed by atoms with Crippen LogP contribution in [-0.2, 0) is 38.4 Å². The molecule has 0 radical (unpaired) electrons. The summed E-state index contributed by atoms with van der Waals surface area (Å²) in [6.45, 7) is 9.79. The normalized spacial score (nSPS) is 13.5. The quantitative estimate of drug-likeness (QED) is 0.185. The molecule has 1 atom stereocenters. The number of anilines is 2. The van der Waals surface area contributed by atoms with Gasteiger partial charge in [0.2, 0.25) is 11.8 Å². The molecule has 0 aliphatic carbocycles. The molecule has 1 aromatic heterocycles. The molecular weight excluding hydrogens is 622 g/mol. The number of esters is 1. The Kier molecular flexibility index (Phi) is 11.0. The first-order chi connectivity index (χ1) is 20.8. The van der Waals surface area contributed by atoms with Crippen molar-refractivity contribution in [3.63, 3.8) is 0 Å². The number of carbonyl (C=O) groups is 4. The van der Waals surface area contributed by atoms with Gasteiger partial charge in [-0.05, 0) is 82.5 Å². The summed E-state index contributed by atoms with van der Waals surface area (Å²) in [5.41, 5.74) is 1.96. The van der Waals surface area contributed by atoms with Gasteiger partial charge in [-0.25, -0.2) is 9.59 Å². The van der Waals surface area contributed by atoms with E-state index >= 15 is 0 Å². The van der Waals surface area contributed by atoms with Gasteiger partial charge in [0.05, 0.1) is 30.4 Å². The fourth-order valence-corrected chi connectivity index (χ4v) is 6.81. The summed E-state index contributed by atoms with van der Waals surface area (Å²) < 4.78 is 10.9. The molecule has 2 N–H and O–H groups in total. The van der Waals surface area contributed by atoms with E-state index in [9.17, 15) is 19.2 Å². The van der Waals surface area contributed by atoms with E-state index in [0.717, 1.165) is 20.9 Å². The molecule has 2 aromatic carbocycles. The lowest BCUT2D eigenvalue weighted by Crippen LogP contribution is -2.39. The third-order valence-electron chi connectivity index (χ3n) is 6.50. The molecule has 12 heteroatoms. The summed E-state index contributed by atoms with van der Waals surface area (Å²) in [4.78, 5) is 54.8. The number of nitrogens with zero attached hydrogens (tertiary/aromatic N) is 1. The average molecular weight is 658 g/mol. The van der Waals surface area contributed by atoms with Crippen molar-refractivity contribution in [3.05, 3.63) is 75.1 Å². The largest absolute Gasteiger partial charge is 0.462 e. The molecule has 1 unspecified atom stereocenters. The highest BCUT2D eigenvalue weighted by atomic mass is 35.5. The molecule has 3 amide bonds. The number of halogens is 1. The van der Waals surface area contributed by atoms with Crippen molar-refractivity contribution < 1.29 is 28.7 Å². The predicted octanol–water partition coefficient (Wildman–Crippen LogP) is 7.17. The fourth-order valence-electron chi connectivity index (χ4n) is 4.50. The van der Waals surface area contributed by atoms with Crippen LogP contribution in [0.5, 0.6) is 0 Å². The Hall–Kier alpha value is -3.54. The van der Waals surface area contributed by atoms with Crippen molar-refractivity contribution in [1.29, 1.82) is 0 Å². The molecule has 1 aliphatic heterocycles. The first-order valence-corrected chi connectivity index (χ1v) is 16.3. The summed E-state index contributed by atoms with van der Waals surface area (Å²) >= 11 is 8.53. The maximum Gasteiger partial charge on any atom is 0.410 e. The van der Waals surface area contributed by atoms with E-state index in [1.165, 1.54) is 23.1 Å². The van der Waals surface area contributed by atoms with E-state index in [2.05, 4.69) is 10.6 Å². The Bertz CT molecular complexity index is 1530. The van der Waals surface area contributed by atoms with Gasteiger partial charge in [-0.15, -0.1) is 23.1 Å². The molecule has 0 bridgehead atoms. The van der Waals surface area contributed by atoms with Crippen LogP contribution < -0.4 is 10.6 Å². The van der Waals surface area contributed by atoms with Crippen molar-refractivity contribution in [1.82, 2.24) is 4.90 Å². The fraction of sp³-hybridized carbons (Fsp3) is 0.375. The number of carbonyl (C=O) groups excluding carboxylic acids is 4. The maximum absolute atomic E-state index is 13.3. The molecule has 0 spiro atoms. The zero-order valence-electron chi connectivity index (χ0n) is 25.3. The highest BCUT2D eigenvalue weighted by Gasteiger charge is 2.33. The van der Waals surface area contributed by atoms with Crippen LogP contribution in [0.25, 0.3) is 0 Å². The molecule has 44 heavy (non-hydrogen) atoms. The van der Waals surface area contributed by atoms with Crippen LogP contribution in [0.4, 0.5) is 15.5 Å². The van der Waals surface area contributed by atoms with Gasteiger partial charge in [0.25, 0.3) is 0 Å². The Morgan fingerprint density at radius 1 is 1.09 bits per heavy atom. The SMILES string of the molecule is CCOC(=O)c1c(NC(=O)C(C)Sc2cccc(NC(=O)Cc3ccc(Cl)cc3)c2)sc2c1CCN(C(=O)OC(C)(C)C)C2. The molecule has 234 valence electrons. The molecule has 9 nitrogen and oxygen atoms in total. The second kappa shape index (κ2) is 14.5. The van der Waals surface area contributed by atoms with Gasteiger partial charge < -0.3 is 25.0 Å². The Labute approximate surface area is 270 Å². The second-order valence-corrected chi connectivity index (χ2v) is 14.2.